The van der Waals surface area contributed by atoms with Gasteiger partial charge in [0.1, 0.15) is 5.75 Å². The van der Waals surface area contributed by atoms with E-state index in [0.29, 0.717) is 11.9 Å². The third-order valence-electron chi connectivity index (χ3n) is 2.38. The van der Waals surface area contributed by atoms with Crippen LogP contribution in [0.5, 0.6) is 5.75 Å². The highest BCUT2D eigenvalue weighted by Gasteiger charge is 2.05. The Kier molecular flexibility index (Phi) is 3.61. The fourth-order valence-corrected chi connectivity index (χ4v) is 1.63. The van der Waals surface area contributed by atoms with Gasteiger partial charge >= 0.3 is 5.95 Å². The van der Waals surface area contributed by atoms with E-state index in [1.165, 1.54) is 0 Å². The number of nitrogens with zero attached hydrogens (tertiary/aromatic N) is 2. The maximum Gasteiger partial charge on any atom is 0.354 e. The van der Waals surface area contributed by atoms with E-state index in [4.69, 9.17) is 5.73 Å². The van der Waals surface area contributed by atoms with Crippen LogP contribution >= 0.6 is 0 Å². The number of anilines is 1. The average molecular weight is 258 g/mol. The quantitative estimate of drug-likeness (QED) is 0.343. The molecule has 6 heteroatoms. The van der Waals surface area contributed by atoms with Gasteiger partial charge in [0.05, 0.1) is 17.1 Å². The Morgan fingerprint density at radius 2 is 1.74 bits per heavy atom. The minimum Gasteiger partial charge on any atom is -0.508 e. The molecular formula is C13H16N5O+. The molecule has 0 fully saturated rings. The van der Waals surface area contributed by atoms with Crippen LogP contribution in [0.3, 0.4) is 0 Å². The first-order chi connectivity index (χ1) is 9.02. The van der Waals surface area contributed by atoms with Crippen LogP contribution in [-0.4, -0.2) is 21.0 Å². The standard InChI is InChI=1S/C13H15N5O/c1-8-7-9(2)16-13(15-8)18-12(14)17-10-3-5-11(19)6-4-10/h3-7,19H,1-2H3,(H3,14,15,16,17,18)/p+1. The van der Waals surface area contributed by atoms with Crippen LogP contribution in [0.15, 0.2) is 30.3 Å². The summed E-state index contributed by atoms with van der Waals surface area (Å²) in [5.74, 6) is 0.965. The zero-order valence-corrected chi connectivity index (χ0v) is 10.8. The second kappa shape index (κ2) is 5.34. The maximum absolute atomic E-state index is 9.19. The largest absolute Gasteiger partial charge is 0.508 e. The van der Waals surface area contributed by atoms with E-state index >= 15 is 0 Å². The molecule has 98 valence electrons. The lowest BCUT2D eigenvalue weighted by molar-refractivity contribution is -0.365. The number of rotatable bonds is 2. The second-order valence-electron chi connectivity index (χ2n) is 4.18. The summed E-state index contributed by atoms with van der Waals surface area (Å²) < 4.78 is 0. The van der Waals surface area contributed by atoms with Gasteiger partial charge in [0.2, 0.25) is 0 Å². The molecule has 6 nitrogen and oxygen atoms in total. The molecule has 0 saturated heterocycles. The van der Waals surface area contributed by atoms with Crippen molar-refractivity contribution >= 4 is 17.6 Å². The molecule has 0 amide bonds. The Hall–Kier alpha value is -2.63. The molecule has 1 aromatic heterocycles. The molecule has 0 aliphatic heterocycles. The van der Waals surface area contributed by atoms with Crippen molar-refractivity contribution in [2.45, 2.75) is 13.8 Å². The SMILES string of the molecule is Cc1cc(C)nc([NH+]=C(N)Nc2ccc(O)cc2)n1. The van der Waals surface area contributed by atoms with Crippen molar-refractivity contribution in [1.82, 2.24) is 9.97 Å². The summed E-state index contributed by atoms with van der Waals surface area (Å²) in [5.41, 5.74) is 8.32. The van der Waals surface area contributed by atoms with Gasteiger partial charge in [0.25, 0.3) is 5.96 Å². The molecule has 1 aromatic carbocycles. The first kappa shape index (κ1) is 12.8. The summed E-state index contributed by atoms with van der Waals surface area (Å²) in [6, 6.07) is 8.46. The van der Waals surface area contributed by atoms with Gasteiger partial charge in [-0.15, -0.1) is 9.97 Å². The predicted octanol–water partition coefficient (Wildman–Crippen LogP) is -0.0621. The number of guanidine groups is 1. The van der Waals surface area contributed by atoms with Gasteiger partial charge in [-0.25, -0.2) is 4.99 Å². The fourth-order valence-electron chi connectivity index (χ4n) is 1.63. The Balaban J connectivity index is 2.16. The maximum atomic E-state index is 9.19. The van der Waals surface area contributed by atoms with Gasteiger partial charge in [-0.1, -0.05) is 0 Å². The van der Waals surface area contributed by atoms with Gasteiger partial charge in [-0.3, -0.25) is 5.32 Å². The van der Waals surface area contributed by atoms with Gasteiger partial charge in [-0.2, -0.15) is 0 Å². The molecule has 19 heavy (non-hydrogen) atoms. The van der Waals surface area contributed by atoms with E-state index in [2.05, 4.69) is 20.3 Å². The van der Waals surface area contributed by atoms with Crippen molar-refractivity contribution in [3.63, 3.8) is 0 Å². The van der Waals surface area contributed by atoms with Gasteiger partial charge in [-0.05, 0) is 38.1 Å². The van der Waals surface area contributed by atoms with Gasteiger partial charge in [0, 0.05) is 6.07 Å². The molecule has 0 atom stereocenters. The highest BCUT2D eigenvalue weighted by molar-refractivity contribution is 5.88. The Morgan fingerprint density at radius 3 is 2.32 bits per heavy atom. The minimum absolute atomic E-state index is 0.203. The average Bonchev–Trinajstić information content (AvgIpc) is 2.30. The first-order valence-corrected chi connectivity index (χ1v) is 5.81. The van der Waals surface area contributed by atoms with Crippen molar-refractivity contribution in [2.75, 3.05) is 5.32 Å². The Labute approximate surface area is 111 Å². The normalized spacial score (nSPS) is 11.4. The number of aromatic nitrogens is 2. The summed E-state index contributed by atoms with van der Waals surface area (Å²) in [6.07, 6.45) is 0. The van der Waals surface area contributed by atoms with Crippen molar-refractivity contribution in [3.8, 4) is 5.75 Å². The van der Waals surface area contributed by atoms with E-state index in [9.17, 15) is 5.11 Å². The van der Waals surface area contributed by atoms with E-state index in [1.807, 2.05) is 19.9 Å². The monoisotopic (exact) mass is 258 g/mol. The third-order valence-corrected chi connectivity index (χ3v) is 2.38. The predicted molar refractivity (Wildman–Crippen MR) is 73.1 cm³/mol. The van der Waals surface area contributed by atoms with E-state index in [-0.39, 0.29) is 5.75 Å². The van der Waals surface area contributed by atoms with E-state index < -0.39 is 0 Å². The third kappa shape index (κ3) is 3.67. The number of phenols is 1. The lowest BCUT2D eigenvalue weighted by Gasteiger charge is -2.01. The molecule has 2 rings (SSSR count). The lowest BCUT2D eigenvalue weighted by atomic mass is 10.3. The molecule has 0 spiro atoms. The number of aryl methyl sites for hydroxylation is 2. The highest BCUT2D eigenvalue weighted by Crippen LogP contribution is 2.12. The molecule has 0 aliphatic carbocycles. The Morgan fingerprint density at radius 1 is 1.16 bits per heavy atom. The molecule has 0 saturated carbocycles. The van der Waals surface area contributed by atoms with Crippen molar-refractivity contribution in [3.05, 3.63) is 41.7 Å². The number of hydrogen-bond donors (Lipinski definition) is 4. The van der Waals surface area contributed by atoms with Crippen LogP contribution in [0, 0.1) is 13.8 Å². The second-order valence-corrected chi connectivity index (χ2v) is 4.18. The van der Waals surface area contributed by atoms with E-state index in [1.54, 1.807) is 24.3 Å². The minimum atomic E-state index is 0.203. The number of hydrogen-bond acceptors (Lipinski definition) is 3. The molecule has 0 aliphatic rings. The first-order valence-electron chi connectivity index (χ1n) is 5.81. The molecule has 0 radical (unpaired) electrons. The van der Waals surface area contributed by atoms with Crippen LogP contribution in [0.1, 0.15) is 11.4 Å². The smallest absolute Gasteiger partial charge is 0.354 e. The van der Waals surface area contributed by atoms with E-state index in [0.717, 1.165) is 17.1 Å². The molecule has 1 heterocycles. The van der Waals surface area contributed by atoms with Crippen LogP contribution in [0.4, 0.5) is 11.6 Å². The van der Waals surface area contributed by atoms with Crippen molar-refractivity contribution in [2.24, 2.45) is 5.73 Å². The van der Waals surface area contributed by atoms with Crippen LogP contribution in [0.25, 0.3) is 0 Å². The zero-order chi connectivity index (χ0) is 13.8. The number of nitrogens with one attached hydrogen (secondary N) is 2. The lowest BCUT2D eigenvalue weighted by Crippen LogP contribution is -2.72. The number of nitrogens with two attached hydrogens (primary N) is 1. The topological polar surface area (TPSA) is 98.0 Å². The molecular weight excluding hydrogens is 242 g/mol. The Bertz CT molecular complexity index is 587. The summed E-state index contributed by atoms with van der Waals surface area (Å²) in [7, 11) is 0. The van der Waals surface area contributed by atoms with Crippen LogP contribution in [0.2, 0.25) is 0 Å². The van der Waals surface area contributed by atoms with Crippen molar-refractivity contribution in [1.29, 1.82) is 0 Å². The summed E-state index contributed by atoms with van der Waals surface area (Å²) in [5, 5.41) is 12.1. The summed E-state index contributed by atoms with van der Waals surface area (Å²) >= 11 is 0. The van der Waals surface area contributed by atoms with Crippen LogP contribution in [-0.2, 0) is 0 Å². The zero-order valence-electron chi connectivity index (χ0n) is 10.8. The number of benzene rings is 1. The number of phenolic OH excluding ortho intramolecular Hbond substituents is 1. The van der Waals surface area contributed by atoms with Gasteiger partial charge in [0.15, 0.2) is 0 Å². The number of aromatic hydroxyl groups is 1. The highest BCUT2D eigenvalue weighted by atomic mass is 16.3. The summed E-state index contributed by atoms with van der Waals surface area (Å²) in [4.78, 5) is 11.3. The van der Waals surface area contributed by atoms with Crippen molar-refractivity contribution < 1.29 is 10.1 Å². The molecule has 0 unspecified atom stereocenters. The summed E-state index contributed by atoms with van der Waals surface area (Å²) in [6.45, 7) is 3.78. The molecule has 2 aromatic rings. The van der Waals surface area contributed by atoms with Gasteiger partial charge < -0.3 is 10.8 Å². The van der Waals surface area contributed by atoms with Crippen LogP contribution < -0.4 is 16.0 Å². The molecule has 5 N–H and O–H groups in total. The fraction of sp³-hybridized carbons (Fsp3) is 0.154. The molecule has 0 bridgehead atoms.